The molecule has 0 saturated heterocycles. The maximum absolute atomic E-state index is 13.6. The van der Waals surface area contributed by atoms with E-state index in [0.29, 0.717) is 10.0 Å². The molecule has 0 spiro atoms. The zero-order chi connectivity index (χ0) is 28.3. The molecular weight excluding hydrogens is 555 g/mol. The van der Waals surface area contributed by atoms with Crippen molar-refractivity contribution in [2.24, 2.45) is 5.10 Å². The molecule has 1 amide bonds. The molecule has 1 heterocycles. The van der Waals surface area contributed by atoms with E-state index in [0.717, 1.165) is 38.1 Å². The molecule has 0 bridgehead atoms. The summed E-state index contributed by atoms with van der Waals surface area (Å²) in [4.78, 5) is 13.0. The van der Waals surface area contributed by atoms with Gasteiger partial charge in [-0.3, -0.25) is 9.10 Å². The summed E-state index contributed by atoms with van der Waals surface area (Å²) in [5.41, 5.74) is 8.02. The van der Waals surface area contributed by atoms with Crippen molar-refractivity contribution in [2.75, 3.05) is 10.8 Å². The smallest absolute Gasteiger partial charge is 0.264 e. The van der Waals surface area contributed by atoms with Crippen LogP contribution in [-0.4, -0.2) is 31.7 Å². The zero-order valence-corrected chi connectivity index (χ0v) is 24.3. The lowest BCUT2D eigenvalue weighted by Gasteiger charge is -2.24. The van der Waals surface area contributed by atoms with Gasteiger partial charge in [0.15, 0.2) is 0 Å². The highest BCUT2D eigenvalue weighted by molar-refractivity contribution is 7.92. The van der Waals surface area contributed by atoms with Crippen molar-refractivity contribution in [3.05, 3.63) is 111 Å². The standard InChI is InChI=1S/C29H28Cl2N4O3S/c1-19-8-12-27(13-9-19)39(37,38)34(25-11-10-20(2)28(31)16-25)18-29(36)33-32-17-23-14-21(3)35(22(23)4)26-7-5-6-24(30)15-26/h5-17H,18H2,1-4H3,(H,33,36)/b32-17-. The van der Waals surface area contributed by atoms with Crippen molar-refractivity contribution >= 4 is 51.0 Å². The molecule has 0 aliphatic heterocycles. The zero-order valence-electron chi connectivity index (χ0n) is 21.9. The van der Waals surface area contributed by atoms with Crippen LogP contribution in [0.3, 0.4) is 0 Å². The third-order valence-electron chi connectivity index (χ3n) is 6.27. The molecule has 0 unspecified atom stereocenters. The fraction of sp³-hybridized carbons (Fsp3) is 0.172. The quantitative estimate of drug-likeness (QED) is 0.194. The van der Waals surface area contributed by atoms with Gasteiger partial charge >= 0.3 is 0 Å². The summed E-state index contributed by atoms with van der Waals surface area (Å²) in [7, 11) is -4.07. The van der Waals surface area contributed by atoms with Gasteiger partial charge in [0.1, 0.15) is 6.54 Å². The van der Waals surface area contributed by atoms with Crippen molar-refractivity contribution < 1.29 is 13.2 Å². The Morgan fingerprint density at radius 3 is 2.36 bits per heavy atom. The fourth-order valence-electron chi connectivity index (χ4n) is 4.16. The van der Waals surface area contributed by atoms with Crippen LogP contribution >= 0.6 is 23.2 Å². The molecule has 1 aromatic heterocycles. The number of amides is 1. The van der Waals surface area contributed by atoms with Gasteiger partial charge in [-0.25, -0.2) is 13.8 Å². The maximum Gasteiger partial charge on any atom is 0.264 e. The summed E-state index contributed by atoms with van der Waals surface area (Å²) >= 11 is 12.5. The van der Waals surface area contributed by atoms with E-state index in [1.165, 1.54) is 24.4 Å². The van der Waals surface area contributed by atoms with Gasteiger partial charge in [-0.2, -0.15) is 5.10 Å². The van der Waals surface area contributed by atoms with Gasteiger partial charge in [-0.05, 0) is 81.8 Å². The van der Waals surface area contributed by atoms with E-state index in [2.05, 4.69) is 10.5 Å². The summed E-state index contributed by atoms with van der Waals surface area (Å²) in [6.45, 7) is 7.09. The topological polar surface area (TPSA) is 83.8 Å². The summed E-state index contributed by atoms with van der Waals surface area (Å²) in [5.74, 6) is -0.609. The van der Waals surface area contributed by atoms with Gasteiger partial charge in [0.05, 0.1) is 16.8 Å². The Balaban J connectivity index is 1.57. The minimum absolute atomic E-state index is 0.0644. The number of rotatable bonds is 8. The van der Waals surface area contributed by atoms with Gasteiger partial charge in [0.2, 0.25) is 0 Å². The summed E-state index contributed by atoms with van der Waals surface area (Å²) < 4.78 is 30.2. The number of anilines is 1. The van der Waals surface area contributed by atoms with Crippen LogP contribution in [-0.2, 0) is 14.8 Å². The average Bonchev–Trinajstić information content (AvgIpc) is 3.17. The highest BCUT2D eigenvalue weighted by atomic mass is 35.5. The number of halogens is 2. The lowest BCUT2D eigenvalue weighted by molar-refractivity contribution is -0.119. The van der Waals surface area contributed by atoms with E-state index in [1.807, 2.05) is 62.6 Å². The number of benzene rings is 3. The van der Waals surface area contributed by atoms with E-state index < -0.39 is 22.5 Å². The number of carbonyl (C=O) groups is 1. The minimum atomic E-state index is -4.07. The summed E-state index contributed by atoms with van der Waals surface area (Å²) in [5, 5.41) is 5.12. The summed E-state index contributed by atoms with van der Waals surface area (Å²) in [6.07, 6.45) is 1.53. The second-order valence-electron chi connectivity index (χ2n) is 9.19. The molecule has 39 heavy (non-hydrogen) atoms. The molecule has 0 fully saturated rings. The Morgan fingerprint density at radius 1 is 0.974 bits per heavy atom. The van der Waals surface area contributed by atoms with Crippen molar-refractivity contribution in [3.63, 3.8) is 0 Å². The first-order valence-electron chi connectivity index (χ1n) is 12.1. The van der Waals surface area contributed by atoms with Crippen LogP contribution in [0, 0.1) is 27.7 Å². The molecule has 0 atom stereocenters. The number of hydrazone groups is 1. The predicted molar refractivity (Wildman–Crippen MR) is 158 cm³/mol. The first-order chi connectivity index (χ1) is 18.5. The van der Waals surface area contributed by atoms with Crippen molar-refractivity contribution in [1.82, 2.24) is 9.99 Å². The molecule has 4 rings (SSSR count). The number of nitrogens with one attached hydrogen (secondary N) is 1. The van der Waals surface area contributed by atoms with E-state index in [9.17, 15) is 13.2 Å². The predicted octanol–water partition coefficient (Wildman–Crippen LogP) is 6.36. The van der Waals surface area contributed by atoms with Crippen LogP contribution in [0.5, 0.6) is 0 Å². The lowest BCUT2D eigenvalue weighted by Crippen LogP contribution is -2.39. The number of sulfonamides is 1. The van der Waals surface area contributed by atoms with Gasteiger partial charge in [0, 0.05) is 32.7 Å². The van der Waals surface area contributed by atoms with Crippen molar-refractivity contribution in [1.29, 1.82) is 0 Å². The number of carbonyl (C=O) groups excluding carboxylic acids is 1. The molecule has 1 N–H and O–H groups in total. The molecule has 0 radical (unpaired) electrons. The Kier molecular flexibility index (Phi) is 8.49. The number of aromatic nitrogens is 1. The maximum atomic E-state index is 13.6. The Hall–Kier alpha value is -3.59. The van der Waals surface area contributed by atoms with Gasteiger partial charge in [-0.15, -0.1) is 0 Å². The van der Waals surface area contributed by atoms with E-state index in [-0.39, 0.29) is 10.6 Å². The number of hydrogen-bond acceptors (Lipinski definition) is 4. The van der Waals surface area contributed by atoms with Crippen LogP contribution in [0.25, 0.3) is 5.69 Å². The Morgan fingerprint density at radius 2 is 1.69 bits per heavy atom. The van der Waals surface area contributed by atoms with Crippen LogP contribution in [0.1, 0.15) is 28.1 Å². The highest BCUT2D eigenvalue weighted by Gasteiger charge is 2.27. The molecule has 202 valence electrons. The molecule has 0 aliphatic rings. The first-order valence-corrected chi connectivity index (χ1v) is 14.3. The van der Waals surface area contributed by atoms with Crippen LogP contribution < -0.4 is 9.73 Å². The van der Waals surface area contributed by atoms with E-state index in [1.54, 1.807) is 24.3 Å². The second-order valence-corrected chi connectivity index (χ2v) is 11.9. The number of hydrogen-bond donors (Lipinski definition) is 1. The monoisotopic (exact) mass is 582 g/mol. The molecule has 3 aromatic carbocycles. The molecular formula is C29H28Cl2N4O3S. The lowest BCUT2D eigenvalue weighted by atomic mass is 10.2. The van der Waals surface area contributed by atoms with Gasteiger partial charge in [-0.1, -0.05) is 53.0 Å². The number of nitrogens with zero attached hydrogens (tertiary/aromatic N) is 3. The van der Waals surface area contributed by atoms with Gasteiger partial charge < -0.3 is 4.57 Å². The van der Waals surface area contributed by atoms with E-state index >= 15 is 0 Å². The Bertz CT molecular complexity index is 1660. The van der Waals surface area contributed by atoms with Crippen LogP contribution in [0.2, 0.25) is 10.0 Å². The highest BCUT2D eigenvalue weighted by Crippen LogP contribution is 2.28. The fourth-order valence-corrected chi connectivity index (χ4v) is 5.93. The molecule has 0 aliphatic carbocycles. The summed E-state index contributed by atoms with van der Waals surface area (Å²) in [6, 6.07) is 20.7. The molecule has 4 aromatic rings. The third-order valence-corrected chi connectivity index (χ3v) is 8.70. The molecule has 0 saturated carbocycles. The SMILES string of the molecule is Cc1ccc(S(=O)(=O)N(CC(=O)N/N=C\c2cc(C)n(-c3cccc(Cl)c3)c2C)c2ccc(C)c(Cl)c2)cc1. The number of aryl methyl sites for hydroxylation is 3. The minimum Gasteiger partial charge on any atom is -0.318 e. The normalized spacial score (nSPS) is 11.6. The molecule has 7 nitrogen and oxygen atoms in total. The van der Waals surface area contributed by atoms with Crippen LogP contribution in [0.15, 0.2) is 82.8 Å². The second kappa shape index (κ2) is 11.7. The third kappa shape index (κ3) is 6.36. The van der Waals surface area contributed by atoms with Gasteiger partial charge in [0.25, 0.3) is 15.9 Å². The van der Waals surface area contributed by atoms with Crippen molar-refractivity contribution in [2.45, 2.75) is 32.6 Å². The largest absolute Gasteiger partial charge is 0.318 e. The van der Waals surface area contributed by atoms with E-state index in [4.69, 9.17) is 23.2 Å². The average molecular weight is 584 g/mol. The first kappa shape index (κ1) is 28.4. The Labute approximate surface area is 238 Å². The van der Waals surface area contributed by atoms with Crippen molar-refractivity contribution in [3.8, 4) is 5.69 Å². The molecule has 10 heteroatoms. The van der Waals surface area contributed by atoms with Crippen LogP contribution in [0.4, 0.5) is 5.69 Å².